The molecule has 4 nitrogen and oxygen atoms in total. The number of anilines is 1. The number of nitrogens with one attached hydrogen (secondary N) is 1. The van der Waals surface area contributed by atoms with Gasteiger partial charge in [0.05, 0.1) is 16.8 Å². The number of carbonyl (C=O) groups excluding carboxylic acids is 2. The van der Waals surface area contributed by atoms with E-state index < -0.39 is 30.2 Å². The Bertz CT molecular complexity index is 793. The maximum absolute atomic E-state index is 12.9. The minimum Gasteiger partial charge on any atom is -0.452 e. The predicted octanol–water partition coefficient (Wildman–Crippen LogP) is 4.61. The van der Waals surface area contributed by atoms with Gasteiger partial charge in [0.15, 0.2) is 6.61 Å². The van der Waals surface area contributed by atoms with Crippen LogP contribution in [0.2, 0.25) is 0 Å². The average Bonchev–Trinajstić information content (AvgIpc) is 2.60. The van der Waals surface area contributed by atoms with Crippen LogP contribution in [0.3, 0.4) is 0 Å². The molecule has 0 saturated heterocycles. The highest BCUT2D eigenvalue weighted by atomic mass is 32.2. The van der Waals surface area contributed by atoms with Gasteiger partial charge in [0.1, 0.15) is 0 Å². The predicted molar refractivity (Wildman–Crippen MR) is 93.2 cm³/mol. The van der Waals surface area contributed by atoms with Gasteiger partial charge >= 0.3 is 12.1 Å². The van der Waals surface area contributed by atoms with Gasteiger partial charge in [-0.2, -0.15) is 13.2 Å². The van der Waals surface area contributed by atoms with E-state index in [0.717, 1.165) is 17.9 Å². The lowest BCUT2D eigenvalue weighted by Crippen LogP contribution is -2.23. The molecule has 0 saturated carbocycles. The summed E-state index contributed by atoms with van der Waals surface area (Å²) in [5, 5.41) is 2.12. The molecular formula is C18H16F3NO3S. The van der Waals surface area contributed by atoms with Crippen LogP contribution in [0.4, 0.5) is 18.9 Å². The number of para-hydroxylation sites is 1. The molecule has 0 bridgehead atoms. The molecule has 8 heteroatoms. The van der Waals surface area contributed by atoms with Gasteiger partial charge in [0, 0.05) is 4.90 Å². The Balaban J connectivity index is 2.01. The van der Waals surface area contributed by atoms with Gasteiger partial charge in [-0.1, -0.05) is 31.2 Å². The Morgan fingerprint density at radius 3 is 2.42 bits per heavy atom. The summed E-state index contributed by atoms with van der Waals surface area (Å²) >= 11 is 1.45. The van der Waals surface area contributed by atoms with E-state index >= 15 is 0 Å². The fourth-order valence-corrected chi connectivity index (χ4v) is 2.94. The van der Waals surface area contributed by atoms with Gasteiger partial charge in [-0.25, -0.2) is 4.79 Å². The first-order valence-corrected chi connectivity index (χ1v) is 8.66. The summed E-state index contributed by atoms with van der Waals surface area (Å²) in [7, 11) is 0. The topological polar surface area (TPSA) is 55.4 Å². The van der Waals surface area contributed by atoms with Crippen LogP contribution in [0.15, 0.2) is 53.4 Å². The van der Waals surface area contributed by atoms with Gasteiger partial charge < -0.3 is 10.1 Å². The van der Waals surface area contributed by atoms with Crippen LogP contribution in [0, 0.1) is 0 Å². The fourth-order valence-electron chi connectivity index (χ4n) is 2.15. The molecule has 138 valence electrons. The van der Waals surface area contributed by atoms with Gasteiger partial charge in [0.25, 0.3) is 5.91 Å². The Labute approximate surface area is 152 Å². The SMILES string of the molecule is CCSc1ccccc1C(=O)OCC(=O)Nc1ccccc1C(F)(F)F. The van der Waals surface area contributed by atoms with Crippen molar-refractivity contribution in [3.8, 4) is 0 Å². The lowest BCUT2D eigenvalue weighted by molar-refractivity contribution is -0.137. The van der Waals surface area contributed by atoms with E-state index in [2.05, 4.69) is 5.32 Å². The van der Waals surface area contributed by atoms with Crippen LogP contribution in [0.1, 0.15) is 22.8 Å². The number of ether oxygens (including phenoxy) is 1. The first kappa shape index (κ1) is 19.8. The van der Waals surface area contributed by atoms with E-state index in [4.69, 9.17) is 4.74 Å². The highest BCUT2D eigenvalue weighted by Gasteiger charge is 2.33. The van der Waals surface area contributed by atoms with Crippen LogP contribution in [0.5, 0.6) is 0 Å². The minimum absolute atomic E-state index is 0.308. The number of rotatable bonds is 6. The van der Waals surface area contributed by atoms with Crippen molar-refractivity contribution >= 4 is 29.3 Å². The van der Waals surface area contributed by atoms with Crippen LogP contribution < -0.4 is 5.32 Å². The summed E-state index contributed by atoms with van der Waals surface area (Å²) in [4.78, 5) is 24.7. The quantitative estimate of drug-likeness (QED) is 0.585. The van der Waals surface area contributed by atoms with Crippen molar-refractivity contribution in [2.24, 2.45) is 0 Å². The zero-order chi connectivity index (χ0) is 19.2. The summed E-state index contributed by atoms with van der Waals surface area (Å²) in [6.45, 7) is 1.24. The summed E-state index contributed by atoms with van der Waals surface area (Å²) in [6, 6.07) is 11.3. The molecule has 0 aliphatic carbocycles. The minimum atomic E-state index is -4.60. The summed E-state index contributed by atoms with van der Waals surface area (Å²) in [6.07, 6.45) is -4.60. The molecule has 0 spiro atoms. The Hall–Kier alpha value is -2.48. The van der Waals surface area contributed by atoms with Crippen LogP contribution in [-0.2, 0) is 15.7 Å². The van der Waals surface area contributed by atoms with Gasteiger partial charge in [-0.3, -0.25) is 4.79 Å². The third-order valence-corrected chi connectivity index (χ3v) is 4.20. The van der Waals surface area contributed by atoms with E-state index in [1.807, 2.05) is 6.92 Å². The Kier molecular flexibility index (Phi) is 6.68. The summed E-state index contributed by atoms with van der Waals surface area (Å²) < 4.78 is 43.7. The maximum Gasteiger partial charge on any atom is 0.418 e. The van der Waals surface area contributed by atoms with Gasteiger partial charge in [-0.15, -0.1) is 11.8 Å². The number of benzene rings is 2. The standard InChI is InChI=1S/C18H16F3NO3S/c1-2-26-15-10-6-3-7-12(15)17(24)25-11-16(23)22-14-9-5-4-8-13(14)18(19,20)21/h3-10H,2,11H2,1H3,(H,22,23). The third-order valence-electron chi connectivity index (χ3n) is 3.25. The zero-order valence-corrected chi connectivity index (χ0v) is 14.6. The highest BCUT2D eigenvalue weighted by molar-refractivity contribution is 7.99. The number of halogens is 3. The molecule has 0 fully saturated rings. The average molecular weight is 383 g/mol. The Morgan fingerprint density at radius 2 is 1.73 bits per heavy atom. The molecule has 0 aliphatic rings. The molecule has 2 aromatic rings. The second-order valence-electron chi connectivity index (χ2n) is 5.10. The van der Waals surface area contributed by atoms with Crippen molar-refractivity contribution in [2.45, 2.75) is 18.0 Å². The van der Waals surface area contributed by atoms with E-state index in [1.54, 1.807) is 24.3 Å². The molecule has 1 N–H and O–H groups in total. The number of esters is 1. The maximum atomic E-state index is 12.9. The molecule has 0 heterocycles. The Morgan fingerprint density at radius 1 is 1.08 bits per heavy atom. The van der Waals surface area contributed by atoms with Crippen molar-refractivity contribution in [1.29, 1.82) is 0 Å². The fraction of sp³-hybridized carbons (Fsp3) is 0.222. The summed E-state index contributed by atoms with van der Waals surface area (Å²) in [5.74, 6) is -0.810. The summed E-state index contributed by atoms with van der Waals surface area (Å²) in [5.41, 5.74) is -1.05. The molecule has 0 aliphatic heterocycles. The molecule has 2 aromatic carbocycles. The van der Waals surface area contributed by atoms with Crippen molar-refractivity contribution < 1.29 is 27.5 Å². The van der Waals surface area contributed by atoms with Crippen LogP contribution >= 0.6 is 11.8 Å². The van der Waals surface area contributed by atoms with Gasteiger partial charge in [-0.05, 0) is 30.0 Å². The molecular weight excluding hydrogens is 367 g/mol. The van der Waals surface area contributed by atoms with Gasteiger partial charge in [0.2, 0.25) is 0 Å². The molecule has 26 heavy (non-hydrogen) atoms. The van der Waals surface area contributed by atoms with Crippen molar-refractivity contribution in [2.75, 3.05) is 17.7 Å². The normalized spacial score (nSPS) is 11.1. The lowest BCUT2D eigenvalue weighted by atomic mass is 10.1. The number of amides is 1. The van der Waals surface area contributed by atoms with E-state index in [1.165, 1.54) is 23.9 Å². The molecule has 2 rings (SSSR count). The third kappa shape index (κ3) is 5.26. The molecule has 0 unspecified atom stereocenters. The monoisotopic (exact) mass is 383 g/mol. The number of carbonyl (C=O) groups is 2. The van der Waals surface area contributed by atoms with Crippen molar-refractivity contribution in [3.05, 3.63) is 59.7 Å². The smallest absolute Gasteiger partial charge is 0.418 e. The van der Waals surface area contributed by atoms with Crippen LogP contribution in [-0.4, -0.2) is 24.2 Å². The number of thioether (sulfide) groups is 1. The number of hydrogen-bond acceptors (Lipinski definition) is 4. The van der Waals surface area contributed by atoms with Crippen molar-refractivity contribution in [3.63, 3.8) is 0 Å². The van der Waals surface area contributed by atoms with Crippen LogP contribution in [0.25, 0.3) is 0 Å². The zero-order valence-electron chi connectivity index (χ0n) is 13.8. The van der Waals surface area contributed by atoms with E-state index in [-0.39, 0.29) is 5.69 Å². The molecule has 0 atom stereocenters. The second kappa shape index (κ2) is 8.75. The number of hydrogen-bond donors (Lipinski definition) is 1. The molecule has 0 aromatic heterocycles. The first-order valence-electron chi connectivity index (χ1n) is 7.68. The highest BCUT2D eigenvalue weighted by Crippen LogP contribution is 2.34. The largest absolute Gasteiger partial charge is 0.452 e. The molecule has 0 radical (unpaired) electrons. The molecule has 1 amide bonds. The first-order chi connectivity index (χ1) is 12.3. The van der Waals surface area contributed by atoms with Crippen molar-refractivity contribution in [1.82, 2.24) is 0 Å². The van der Waals surface area contributed by atoms with E-state index in [0.29, 0.717) is 10.5 Å². The lowest BCUT2D eigenvalue weighted by Gasteiger charge is -2.13. The second-order valence-corrected chi connectivity index (χ2v) is 6.40. The number of alkyl halides is 3. The van der Waals surface area contributed by atoms with E-state index in [9.17, 15) is 22.8 Å².